The second-order valence-corrected chi connectivity index (χ2v) is 8.48. The van der Waals surface area contributed by atoms with E-state index in [1.807, 2.05) is 24.3 Å². The molecule has 6 nitrogen and oxygen atoms in total. The topological polar surface area (TPSA) is 62.0 Å². The zero-order valence-corrected chi connectivity index (χ0v) is 18.3. The van der Waals surface area contributed by atoms with Crippen molar-refractivity contribution in [2.75, 3.05) is 46.4 Å². The number of hydrogen-bond donors (Lipinski definition) is 2. The summed E-state index contributed by atoms with van der Waals surface area (Å²) in [5.41, 5.74) is 1.05. The van der Waals surface area contributed by atoms with Gasteiger partial charge in [-0.15, -0.1) is 0 Å². The Labute approximate surface area is 183 Å². The van der Waals surface area contributed by atoms with E-state index < -0.39 is 0 Å². The molecule has 168 valence electrons. The van der Waals surface area contributed by atoms with Crippen molar-refractivity contribution in [1.82, 2.24) is 15.5 Å². The van der Waals surface area contributed by atoms with Gasteiger partial charge in [-0.25, -0.2) is 4.39 Å². The molecule has 1 unspecified atom stereocenters. The molecule has 2 N–H and O–H groups in total. The minimum Gasteiger partial charge on any atom is -0.468 e. The van der Waals surface area contributed by atoms with Crippen molar-refractivity contribution < 1.29 is 13.5 Å². The molecule has 0 amide bonds. The van der Waals surface area contributed by atoms with Gasteiger partial charge in [0.15, 0.2) is 5.96 Å². The molecule has 0 aliphatic carbocycles. The number of likely N-dealkylation sites (tertiary alicyclic amines) is 1. The van der Waals surface area contributed by atoms with Crippen molar-refractivity contribution in [3.05, 3.63) is 59.8 Å². The Hall–Kier alpha value is -2.38. The molecule has 7 heteroatoms. The highest BCUT2D eigenvalue weighted by Gasteiger charge is 2.35. The molecule has 2 aliphatic rings. The zero-order chi connectivity index (χ0) is 21.5. The third kappa shape index (κ3) is 5.28. The molecule has 3 heterocycles. The molecule has 2 fully saturated rings. The van der Waals surface area contributed by atoms with Crippen LogP contribution in [0, 0.1) is 5.82 Å². The van der Waals surface area contributed by atoms with Crippen LogP contribution in [0.3, 0.4) is 0 Å². The summed E-state index contributed by atoms with van der Waals surface area (Å²) in [5, 5.41) is 7.02. The van der Waals surface area contributed by atoms with E-state index in [-0.39, 0.29) is 17.3 Å². The Bertz CT molecular complexity index is 826. The highest BCUT2D eigenvalue weighted by atomic mass is 19.1. The monoisotopic (exact) mass is 428 g/mol. The quantitative estimate of drug-likeness (QED) is 0.522. The van der Waals surface area contributed by atoms with Gasteiger partial charge in [-0.05, 0) is 68.6 Å². The number of hydrogen-bond acceptors (Lipinski definition) is 4. The van der Waals surface area contributed by atoms with Crippen molar-refractivity contribution in [2.24, 2.45) is 4.99 Å². The molecule has 0 radical (unpaired) electrons. The minimum absolute atomic E-state index is 0.0983. The van der Waals surface area contributed by atoms with Gasteiger partial charge in [0.1, 0.15) is 11.6 Å². The van der Waals surface area contributed by atoms with E-state index in [0.717, 1.165) is 56.3 Å². The summed E-state index contributed by atoms with van der Waals surface area (Å²) in [6, 6.07) is 11.1. The van der Waals surface area contributed by atoms with E-state index in [2.05, 4.69) is 20.5 Å². The number of nitrogens with zero attached hydrogens (tertiary/aromatic N) is 2. The maximum atomic E-state index is 13.5. The fraction of sp³-hybridized carbons (Fsp3) is 0.542. The maximum absolute atomic E-state index is 13.5. The van der Waals surface area contributed by atoms with Crippen LogP contribution in [0.25, 0.3) is 0 Å². The van der Waals surface area contributed by atoms with E-state index in [9.17, 15) is 4.39 Å². The normalized spacial score (nSPS) is 20.5. The molecule has 1 aromatic carbocycles. The number of guanidine groups is 1. The summed E-state index contributed by atoms with van der Waals surface area (Å²) < 4.78 is 24.8. The lowest BCUT2D eigenvalue weighted by Gasteiger charge is -2.38. The summed E-state index contributed by atoms with van der Waals surface area (Å²) >= 11 is 0. The van der Waals surface area contributed by atoms with Crippen LogP contribution in [-0.2, 0) is 10.2 Å². The highest BCUT2D eigenvalue weighted by molar-refractivity contribution is 5.79. The molecule has 0 spiro atoms. The van der Waals surface area contributed by atoms with Crippen LogP contribution in [0.4, 0.5) is 4.39 Å². The summed E-state index contributed by atoms with van der Waals surface area (Å²) in [6.45, 7) is 5.04. The molecule has 0 bridgehead atoms. The van der Waals surface area contributed by atoms with Gasteiger partial charge in [-0.3, -0.25) is 9.89 Å². The summed E-state index contributed by atoms with van der Waals surface area (Å²) in [7, 11) is 1.79. The average Bonchev–Trinajstić information content (AvgIpc) is 3.52. The van der Waals surface area contributed by atoms with Crippen molar-refractivity contribution in [1.29, 1.82) is 0 Å². The third-order valence-electron chi connectivity index (χ3n) is 6.64. The Morgan fingerprint density at radius 3 is 2.52 bits per heavy atom. The number of halogens is 1. The average molecular weight is 429 g/mol. The summed E-state index contributed by atoms with van der Waals surface area (Å²) in [5.74, 6) is 1.54. The van der Waals surface area contributed by atoms with Gasteiger partial charge < -0.3 is 19.8 Å². The lowest BCUT2D eigenvalue weighted by atomic mass is 9.74. The van der Waals surface area contributed by atoms with Gasteiger partial charge in [-0.1, -0.05) is 12.1 Å². The number of benzene rings is 1. The van der Waals surface area contributed by atoms with Crippen molar-refractivity contribution in [3.63, 3.8) is 0 Å². The lowest BCUT2D eigenvalue weighted by Crippen LogP contribution is -2.49. The van der Waals surface area contributed by atoms with Crippen LogP contribution in [0.1, 0.15) is 43.0 Å². The van der Waals surface area contributed by atoms with E-state index in [0.29, 0.717) is 13.2 Å². The molecule has 4 rings (SSSR count). The second kappa shape index (κ2) is 10.3. The highest BCUT2D eigenvalue weighted by Crippen LogP contribution is 2.34. The predicted octanol–water partition coefficient (Wildman–Crippen LogP) is 3.47. The predicted molar refractivity (Wildman–Crippen MR) is 120 cm³/mol. The Morgan fingerprint density at radius 1 is 1.13 bits per heavy atom. The molecule has 0 saturated carbocycles. The molecule has 1 atom stereocenters. The van der Waals surface area contributed by atoms with Crippen LogP contribution in [-0.4, -0.2) is 57.3 Å². The molecule has 2 saturated heterocycles. The molecule has 2 aliphatic heterocycles. The SMILES string of the molecule is CN=C(NCC(c1ccco1)N1CCCC1)NCC1(c2ccc(F)cc2)CCOCC1. The van der Waals surface area contributed by atoms with Crippen LogP contribution >= 0.6 is 0 Å². The number of nitrogens with one attached hydrogen (secondary N) is 2. The lowest BCUT2D eigenvalue weighted by molar-refractivity contribution is 0.0513. The van der Waals surface area contributed by atoms with Gasteiger partial charge in [0, 0.05) is 38.8 Å². The molecule has 1 aromatic heterocycles. The van der Waals surface area contributed by atoms with E-state index in [1.54, 1.807) is 25.4 Å². The van der Waals surface area contributed by atoms with Crippen LogP contribution in [0.2, 0.25) is 0 Å². The molecule has 31 heavy (non-hydrogen) atoms. The molecular formula is C24H33FN4O2. The second-order valence-electron chi connectivity index (χ2n) is 8.48. The minimum atomic E-state index is -0.206. The molecular weight excluding hydrogens is 395 g/mol. The summed E-state index contributed by atoms with van der Waals surface area (Å²) in [6.07, 6.45) is 5.98. The first-order valence-corrected chi connectivity index (χ1v) is 11.3. The van der Waals surface area contributed by atoms with Crippen LogP contribution < -0.4 is 10.6 Å². The van der Waals surface area contributed by atoms with Crippen LogP contribution in [0.5, 0.6) is 0 Å². The van der Waals surface area contributed by atoms with Gasteiger partial charge in [0.25, 0.3) is 0 Å². The number of rotatable bonds is 7. The van der Waals surface area contributed by atoms with E-state index in [4.69, 9.17) is 9.15 Å². The van der Waals surface area contributed by atoms with Crippen molar-refractivity contribution >= 4 is 5.96 Å². The number of furan rings is 1. The fourth-order valence-electron chi connectivity index (χ4n) is 4.74. The largest absolute Gasteiger partial charge is 0.468 e. The Morgan fingerprint density at radius 2 is 1.87 bits per heavy atom. The van der Waals surface area contributed by atoms with Gasteiger partial charge in [-0.2, -0.15) is 0 Å². The van der Waals surface area contributed by atoms with Crippen molar-refractivity contribution in [3.8, 4) is 0 Å². The molecule has 2 aromatic rings. The van der Waals surface area contributed by atoms with Gasteiger partial charge in [0.05, 0.1) is 12.3 Å². The van der Waals surface area contributed by atoms with Crippen LogP contribution in [0.15, 0.2) is 52.1 Å². The Balaban J connectivity index is 1.41. The number of aliphatic imine (C=N–C) groups is 1. The standard InChI is InChI=1S/C24H33FN4O2/c1-26-23(27-17-21(22-5-4-14-31-22)29-12-2-3-13-29)28-18-24(10-15-30-16-11-24)19-6-8-20(25)9-7-19/h4-9,14,21H,2-3,10-13,15-18H2,1H3,(H2,26,27,28). The first-order chi connectivity index (χ1) is 15.2. The first-order valence-electron chi connectivity index (χ1n) is 11.3. The third-order valence-corrected chi connectivity index (χ3v) is 6.64. The fourth-order valence-corrected chi connectivity index (χ4v) is 4.74. The number of ether oxygens (including phenoxy) is 1. The van der Waals surface area contributed by atoms with E-state index >= 15 is 0 Å². The van der Waals surface area contributed by atoms with E-state index in [1.165, 1.54) is 12.8 Å². The van der Waals surface area contributed by atoms with Gasteiger partial charge >= 0.3 is 0 Å². The van der Waals surface area contributed by atoms with Gasteiger partial charge in [0.2, 0.25) is 0 Å². The smallest absolute Gasteiger partial charge is 0.191 e. The Kier molecular flexibility index (Phi) is 7.25. The maximum Gasteiger partial charge on any atom is 0.191 e. The van der Waals surface area contributed by atoms with Crippen molar-refractivity contribution in [2.45, 2.75) is 37.1 Å². The first kappa shape index (κ1) is 21.8. The zero-order valence-electron chi connectivity index (χ0n) is 18.3. The summed E-state index contributed by atoms with van der Waals surface area (Å²) in [4.78, 5) is 6.92.